The molecule has 0 aliphatic rings. The highest BCUT2D eigenvalue weighted by Gasteiger charge is 2.14. The Morgan fingerprint density at radius 2 is 1.92 bits per heavy atom. The van der Waals surface area contributed by atoms with Crippen molar-refractivity contribution < 1.29 is 23.1 Å². The van der Waals surface area contributed by atoms with Gasteiger partial charge in [-0.2, -0.15) is 0 Å². The minimum absolute atomic E-state index is 0.0303. The van der Waals surface area contributed by atoms with Crippen LogP contribution in [0.2, 0.25) is 0 Å². The minimum atomic E-state index is -3.61. The number of aliphatic carboxylic acids is 1. The zero-order chi connectivity index (χ0) is 18.0. The van der Waals surface area contributed by atoms with E-state index < -0.39 is 22.0 Å². The third-order valence-corrected chi connectivity index (χ3v) is 4.54. The predicted molar refractivity (Wildman–Crippen MR) is 90.4 cm³/mol. The lowest BCUT2D eigenvalue weighted by molar-refractivity contribution is -0.137. The lowest BCUT2D eigenvalue weighted by Crippen LogP contribution is -2.30. The van der Waals surface area contributed by atoms with Gasteiger partial charge in [-0.25, -0.2) is 17.9 Å². The van der Waals surface area contributed by atoms with E-state index in [-0.39, 0.29) is 17.9 Å². The highest BCUT2D eigenvalue weighted by Crippen LogP contribution is 2.15. The molecule has 8 nitrogen and oxygen atoms in total. The molecule has 0 atom stereocenters. The summed E-state index contributed by atoms with van der Waals surface area (Å²) in [7, 11) is -3.61. The summed E-state index contributed by atoms with van der Waals surface area (Å²) in [5, 5.41) is 13.5. The Morgan fingerprint density at radius 3 is 2.58 bits per heavy atom. The van der Waals surface area contributed by atoms with Gasteiger partial charge in [0, 0.05) is 25.2 Å². The van der Waals surface area contributed by atoms with Crippen LogP contribution in [0.4, 0.5) is 10.5 Å². The number of hydrogen-bond donors (Lipinski definition) is 4. The van der Waals surface area contributed by atoms with Gasteiger partial charge in [0.25, 0.3) is 0 Å². The van der Waals surface area contributed by atoms with Gasteiger partial charge in [-0.1, -0.05) is 19.4 Å². The van der Waals surface area contributed by atoms with Crippen LogP contribution in [0.15, 0.2) is 29.2 Å². The Balaban J connectivity index is 2.58. The van der Waals surface area contributed by atoms with Gasteiger partial charge >= 0.3 is 12.0 Å². The van der Waals surface area contributed by atoms with Gasteiger partial charge in [-0.15, -0.1) is 0 Å². The Bertz CT molecular complexity index is 661. The maximum atomic E-state index is 12.1. The maximum absolute atomic E-state index is 12.1. The van der Waals surface area contributed by atoms with Crippen molar-refractivity contribution in [1.82, 2.24) is 10.0 Å². The molecule has 0 heterocycles. The number of unbranched alkanes of at least 4 members (excludes halogenated alkanes) is 1. The van der Waals surface area contributed by atoms with E-state index in [9.17, 15) is 18.0 Å². The minimum Gasteiger partial charge on any atom is -0.481 e. The molecule has 0 fully saturated rings. The smallest absolute Gasteiger partial charge is 0.319 e. The molecule has 0 aliphatic carbocycles. The summed E-state index contributed by atoms with van der Waals surface area (Å²) in [6.07, 6.45) is 1.91. The van der Waals surface area contributed by atoms with E-state index >= 15 is 0 Å². The fourth-order valence-corrected chi connectivity index (χ4v) is 2.94. The normalized spacial score (nSPS) is 11.0. The summed E-state index contributed by atoms with van der Waals surface area (Å²) in [6.45, 7) is 2.54. The second-order valence-electron chi connectivity index (χ2n) is 5.16. The monoisotopic (exact) mass is 357 g/mol. The van der Waals surface area contributed by atoms with E-state index in [1.807, 2.05) is 6.92 Å². The third kappa shape index (κ3) is 7.42. The molecule has 0 radical (unpaired) electrons. The van der Waals surface area contributed by atoms with Gasteiger partial charge in [-0.3, -0.25) is 4.79 Å². The summed E-state index contributed by atoms with van der Waals surface area (Å²) in [4.78, 5) is 22.1. The van der Waals surface area contributed by atoms with E-state index in [0.29, 0.717) is 18.7 Å². The maximum Gasteiger partial charge on any atom is 0.319 e. The molecule has 1 aromatic rings. The van der Waals surface area contributed by atoms with Crippen LogP contribution in [0.5, 0.6) is 0 Å². The van der Waals surface area contributed by atoms with Crippen LogP contribution in [0.25, 0.3) is 0 Å². The SMILES string of the molecule is CCCCNS(=O)(=O)c1cccc(NC(=O)NCCCC(=O)O)c1. The van der Waals surface area contributed by atoms with Crippen LogP contribution >= 0.6 is 0 Å². The quantitative estimate of drug-likeness (QED) is 0.475. The Labute approximate surface area is 141 Å². The number of hydrogen-bond acceptors (Lipinski definition) is 4. The molecule has 0 unspecified atom stereocenters. The first-order valence-electron chi connectivity index (χ1n) is 7.71. The number of anilines is 1. The zero-order valence-electron chi connectivity index (χ0n) is 13.5. The summed E-state index contributed by atoms with van der Waals surface area (Å²) in [5.74, 6) is -0.925. The fraction of sp³-hybridized carbons (Fsp3) is 0.467. The first-order valence-corrected chi connectivity index (χ1v) is 9.20. The second-order valence-corrected chi connectivity index (χ2v) is 6.92. The standard InChI is InChI=1S/C15H23N3O5S/c1-2-3-10-17-24(22,23)13-7-4-6-12(11-13)18-15(21)16-9-5-8-14(19)20/h4,6-7,11,17H,2-3,5,8-10H2,1H3,(H,19,20)(H2,16,18,21). The Hall–Kier alpha value is -2.13. The number of sulfonamides is 1. The molecular formula is C15H23N3O5S. The van der Waals surface area contributed by atoms with E-state index in [4.69, 9.17) is 5.11 Å². The molecule has 24 heavy (non-hydrogen) atoms. The van der Waals surface area contributed by atoms with Crippen molar-refractivity contribution in [2.45, 2.75) is 37.5 Å². The van der Waals surface area contributed by atoms with Crippen LogP contribution in [0.1, 0.15) is 32.6 Å². The number of carbonyl (C=O) groups excluding carboxylic acids is 1. The molecule has 0 aliphatic heterocycles. The number of rotatable bonds is 10. The summed E-state index contributed by atoms with van der Waals surface area (Å²) < 4.78 is 26.7. The van der Waals surface area contributed by atoms with Crippen LogP contribution in [0, 0.1) is 0 Å². The van der Waals surface area contributed by atoms with E-state index in [0.717, 1.165) is 12.8 Å². The first-order chi connectivity index (χ1) is 11.3. The van der Waals surface area contributed by atoms with Crippen molar-refractivity contribution in [3.8, 4) is 0 Å². The molecule has 0 spiro atoms. The van der Waals surface area contributed by atoms with Crippen molar-refractivity contribution >= 4 is 27.7 Å². The number of amides is 2. The first kappa shape index (κ1) is 19.9. The third-order valence-electron chi connectivity index (χ3n) is 3.08. The van der Waals surface area contributed by atoms with Gasteiger partial charge < -0.3 is 15.7 Å². The molecule has 2 amide bonds. The molecule has 0 saturated carbocycles. The molecule has 1 rings (SSSR count). The van der Waals surface area contributed by atoms with Crippen molar-refractivity contribution in [2.24, 2.45) is 0 Å². The zero-order valence-corrected chi connectivity index (χ0v) is 14.4. The molecule has 0 bridgehead atoms. The largest absolute Gasteiger partial charge is 0.481 e. The van der Waals surface area contributed by atoms with E-state index in [1.165, 1.54) is 18.2 Å². The Kier molecular flexibility index (Phi) is 8.20. The average molecular weight is 357 g/mol. The summed E-state index contributed by atoms with van der Waals surface area (Å²) >= 11 is 0. The van der Waals surface area contributed by atoms with Crippen molar-refractivity contribution in [2.75, 3.05) is 18.4 Å². The number of nitrogens with one attached hydrogen (secondary N) is 3. The highest BCUT2D eigenvalue weighted by atomic mass is 32.2. The van der Waals surface area contributed by atoms with Crippen molar-refractivity contribution in [3.05, 3.63) is 24.3 Å². The topological polar surface area (TPSA) is 125 Å². The molecule has 134 valence electrons. The number of carboxylic acids is 1. The number of benzene rings is 1. The van der Waals surface area contributed by atoms with E-state index in [2.05, 4.69) is 15.4 Å². The molecule has 0 saturated heterocycles. The van der Waals surface area contributed by atoms with Gasteiger partial charge in [0.2, 0.25) is 10.0 Å². The lowest BCUT2D eigenvalue weighted by atomic mass is 10.3. The lowest BCUT2D eigenvalue weighted by Gasteiger charge is -2.10. The van der Waals surface area contributed by atoms with Crippen molar-refractivity contribution in [3.63, 3.8) is 0 Å². The predicted octanol–water partition coefficient (Wildman–Crippen LogP) is 1.75. The molecular weight excluding hydrogens is 334 g/mol. The number of carboxylic acid groups (broad SMARTS) is 1. The van der Waals surface area contributed by atoms with Gasteiger partial charge in [0.15, 0.2) is 0 Å². The van der Waals surface area contributed by atoms with Crippen LogP contribution in [-0.4, -0.2) is 38.6 Å². The van der Waals surface area contributed by atoms with Crippen LogP contribution in [0.3, 0.4) is 0 Å². The summed E-state index contributed by atoms with van der Waals surface area (Å²) in [6, 6.07) is 5.40. The molecule has 0 aromatic heterocycles. The fourth-order valence-electron chi connectivity index (χ4n) is 1.82. The number of carbonyl (C=O) groups is 2. The molecule has 4 N–H and O–H groups in total. The van der Waals surface area contributed by atoms with Gasteiger partial charge in [0.1, 0.15) is 0 Å². The van der Waals surface area contributed by atoms with Gasteiger partial charge in [0.05, 0.1) is 4.90 Å². The second kappa shape index (κ2) is 9.89. The molecule has 1 aromatic carbocycles. The highest BCUT2D eigenvalue weighted by molar-refractivity contribution is 7.89. The van der Waals surface area contributed by atoms with Crippen molar-refractivity contribution in [1.29, 1.82) is 0 Å². The molecule has 9 heteroatoms. The summed E-state index contributed by atoms with van der Waals surface area (Å²) in [5.41, 5.74) is 0.337. The van der Waals surface area contributed by atoms with Crippen LogP contribution in [-0.2, 0) is 14.8 Å². The van der Waals surface area contributed by atoms with E-state index in [1.54, 1.807) is 6.07 Å². The van der Waals surface area contributed by atoms with Crippen LogP contribution < -0.4 is 15.4 Å². The number of urea groups is 1. The van der Waals surface area contributed by atoms with Gasteiger partial charge in [-0.05, 0) is 31.0 Å². The Morgan fingerprint density at radius 1 is 1.17 bits per heavy atom. The average Bonchev–Trinajstić information content (AvgIpc) is 2.52.